The molecular formula is C11H10NO3S-. The second kappa shape index (κ2) is 5.97. The lowest BCUT2D eigenvalue weighted by Crippen LogP contribution is -2.20. The first-order valence-corrected chi connectivity index (χ1v) is 5.69. The topological polar surface area (TPSA) is 69.2 Å². The summed E-state index contributed by atoms with van der Waals surface area (Å²) in [5.41, 5.74) is 0.656. The Morgan fingerprint density at radius 1 is 1.31 bits per heavy atom. The zero-order chi connectivity index (χ0) is 12.0. The number of carbonyl (C=O) groups is 2. The van der Waals surface area contributed by atoms with Gasteiger partial charge in [-0.25, -0.2) is 0 Å². The maximum Gasteiger partial charge on any atom is 0.248 e. The van der Waals surface area contributed by atoms with Crippen LogP contribution >= 0.6 is 11.8 Å². The Morgan fingerprint density at radius 2 is 2.00 bits per heavy atom. The fourth-order valence-corrected chi connectivity index (χ4v) is 1.62. The van der Waals surface area contributed by atoms with E-state index in [1.807, 2.05) is 18.4 Å². The Labute approximate surface area is 97.4 Å². The molecular weight excluding hydrogens is 226 g/mol. The number of aliphatic carboxylic acids is 1. The number of carbonyl (C=O) groups excluding carboxylic acids is 2. The molecule has 0 spiro atoms. The van der Waals surface area contributed by atoms with Crippen molar-refractivity contribution in [2.24, 2.45) is 0 Å². The molecule has 0 unspecified atom stereocenters. The summed E-state index contributed by atoms with van der Waals surface area (Å²) in [4.78, 5) is 22.3. The van der Waals surface area contributed by atoms with Crippen molar-refractivity contribution in [1.29, 1.82) is 0 Å². The first kappa shape index (κ1) is 12.3. The van der Waals surface area contributed by atoms with Gasteiger partial charge in [0.05, 0.1) is 11.7 Å². The van der Waals surface area contributed by atoms with E-state index in [1.54, 1.807) is 12.1 Å². The zero-order valence-electron chi connectivity index (χ0n) is 8.60. The molecule has 1 aromatic carbocycles. The number of nitrogens with one attached hydrogen (secondary N) is 1. The number of hydrogen-bond donors (Lipinski definition) is 1. The molecule has 0 radical (unpaired) electrons. The number of para-hydroxylation sites is 1. The summed E-state index contributed by atoms with van der Waals surface area (Å²) in [5.74, 6) is -1.89. The molecule has 0 aliphatic carbocycles. The predicted molar refractivity (Wildman–Crippen MR) is 61.0 cm³/mol. The van der Waals surface area contributed by atoms with Gasteiger partial charge in [0.25, 0.3) is 0 Å². The van der Waals surface area contributed by atoms with Crippen molar-refractivity contribution in [3.8, 4) is 0 Å². The van der Waals surface area contributed by atoms with Crippen molar-refractivity contribution in [2.45, 2.75) is 4.90 Å². The van der Waals surface area contributed by atoms with Crippen LogP contribution in [0.1, 0.15) is 0 Å². The van der Waals surface area contributed by atoms with Gasteiger partial charge in [0.2, 0.25) is 5.91 Å². The molecule has 0 saturated carbocycles. The molecule has 5 heteroatoms. The maximum atomic E-state index is 11.3. The normalized spacial score (nSPS) is 10.3. The highest BCUT2D eigenvalue weighted by atomic mass is 32.2. The van der Waals surface area contributed by atoms with Crippen molar-refractivity contribution < 1.29 is 14.7 Å². The average molecular weight is 236 g/mol. The first-order valence-electron chi connectivity index (χ1n) is 4.46. The summed E-state index contributed by atoms with van der Waals surface area (Å²) in [7, 11) is 0. The third-order valence-electron chi connectivity index (χ3n) is 1.74. The zero-order valence-corrected chi connectivity index (χ0v) is 9.41. The van der Waals surface area contributed by atoms with Gasteiger partial charge in [0.15, 0.2) is 0 Å². The van der Waals surface area contributed by atoms with Crippen LogP contribution in [0.3, 0.4) is 0 Å². The third kappa shape index (κ3) is 3.78. The summed E-state index contributed by atoms with van der Waals surface area (Å²) in [6, 6.07) is 7.26. The van der Waals surface area contributed by atoms with Crippen LogP contribution in [-0.4, -0.2) is 18.1 Å². The van der Waals surface area contributed by atoms with E-state index >= 15 is 0 Å². The van der Waals surface area contributed by atoms with Gasteiger partial charge in [-0.15, -0.1) is 11.8 Å². The number of amides is 1. The molecule has 1 N–H and O–H groups in total. The molecule has 0 fully saturated rings. The molecule has 16 heavy (non-hydrogen) atoms. The average Bonchev–Trinajstić information content (AvgIpc) is 2.27. The molecule has 0 aliphatic rings. The van der Waals surface area contributed by atoms with Gasteiger partial charge < -0.3 is 15.2 Å². The highest BCUT2D eigenvalue weighted by Gasteiger charge is 2.02. The highest BCUT2D eigenvalue weighted by Crippen LogP contribution is 2.24. The lowest BCUT2D eigenvalue weighted by Gasteiger charge is -2.06. The van der Waals surface area contributed by atoms with Gasteiger partial charge in [-0.2, -0.15) is 0 Å². The summed E-state index contributed by atoms with van der Waals surface area (Å²) in [5, 5.41) is 12.7. The largest absolute Gasteiger partial charge is 0.545 e. The van der Waals surface area contributed by atoms with Crippen LogP contribution < -0.4 is 10.4 Å². The fraction of sp³-hybridized carbons (Fsp3) is 0.0909. The van der Waals surface area contributed by atoms with Crippen LogP contribution in [0.4, 0.5) is 5.69 Å². The van der Waals surface area contributed by atoms with Gasteiger partial charge in [-0.1, -0.05) is 12.1 Å². The molecule has 0 bridgehead atoms. The minimum absolute atomic E-state index is 0.495. The molecule has 0 saturated heterocycles. The van der Waals surface area contributed by atoms with Gasteiger partial charge in [-0.05, 0) is 24.5 Å². The molecule has 0 heterocycles. The van der Waals surface area contributed by atoms with Crippen LogP contribution in [-0.2, 0) is 9.59 Å². The first-order chi connectivity index (χ1) is 7.63. The van der Waals surface area contributed by atoms with Crippen molar-refractivity contribution in [2.75, 3.05) is 11.6 Å². The molecule has 0 atom stereocenters. The number of carboxylic acid groups (broad SMARTS) is 1. The highest BCUT2D eigenvalue weighted by molar-refractivity contribution is 7.98. The van der Waals surface area contributed by atoms with Crippen molar-refractivity contribution >= 4 is 29.3 Å². The number of benzene rings is 1. The minimum Gasteiger partial charge on any atom is -0.545 e. The van der Waals surface area contributed by atoms with Crippen LogP contribution in [0, 0.1) is 0 Å². The van der Waals surface area contributed by atoms with Crippen molar-refractivity contribution in [3.05, 3.63) is 36.4 Å². The SMILES string of the molecule is CSc1ccccc1NC(=O)/C=C/C(=O)[O-]. The number of carboxylic acids is 1. The fourth-order valence-electron chi connectivity index (χ4n) is 1.07. The van der Waals surface area contributed by atoms with E-state index in [-0.39, 0.29) is 0 Å². The lowest BCUT2D eigenvalue weighted by molar-refractivity contribution is -0.297. The summed E-state index contributed by atoms with van der Waals surface area (Å²) in [6.07, 6.45) is 3.51. The van der Waals surface area contributed by atoms with E-state index in [2.05, 4.69) is 5.32 Å². The van der Waals surface area contributed by atoms with Crippen molar-refractivity contribution in [1.82, 2.24) is 0 Å². The number of thioether (sulfide) groups is 1. The number of hydrogen-bond acceptors (Lipinski definition) is 4. The standard InChI is InChI=1S/C11H11NO3S/c1-16-9-5-3-2-4-8(9)12-10(13)6-7-11(14)15/h2-7H,1H3,(H,12,13)(H,14,15)/p-1/b7-6+. The molecule has 1 rings (SSSR count). The predicted octanol–water partition coefficient (Wildman–Crippen LogP) is 0.653. The molecule has 0 aliphatic heterocycles. The Bertz CT molecular complexity index is 429. The van der Waals surface area contributed by atoms with E-state index in [4.69, 9.17) is 0 Å². The molecule has 84 valence electrons. The smallest absolute Gasteiger partial charge is 0.248 e. The summed E-state index contributed by atoms with van der Waals surface area (Å²) < 4.78 is 0. The Kier molecular flexibility index (Phi) is 4.60. The molecule has 0 aromatic heterocycles. The summed E-state index contributed by atoms with van der Waals surface area (Å²) >= 11 is 1.49. The quantitative estimate of drug-likeness (QED) is 0.615. The van der Waals surface area contributed by atoms with E-state index in [0.717, 1.165) is 11.0 Å². The second-order valence-corrected chi connectivity index (χ2v) is 3.69. The summed E-state index contributed by atoms with van der Waals surface area (Å²) in [6.45, 7) is 0. The monoisotopic (exact) mass is 236 g/mol. The molecule has 1 aromatic rings. The third-order valence-corrected chi connectivity index (χ3v) is 2.53. The molecule has 4 nitrogen and oxygen atoms in total. The van der Waals surface area contributed by atoms with Gasteiger partial charge in [0.1, 0.15) is 0 Å². The van der Waals surface area contributed by atoms with E-state index in [0.29, 0.717) is 11.8 Å². The van der Waals surface area contributed by atoms with E-state index in [9.17, 15) is 14.7 Å². The van der Waals surface area contributed by atoms with E-state index in [1.165, 1.54) is 11.8 Å². The Morgan fingerprint density at radius 3 is 2.62 bits per heavy atom. The second-order valence-electron chi connectivity index (χ2n) is 2.84. The van der Waals surface area contributed by atoms with Crippen LogP contribution in [0.5, 0.6) is 0 Å². The Hall–Kier alpha value is -1.75. The molecule has 1 amide bonds. The van der Waals surface area contributed by atoms with Gasteiger partial charge in [0, 0.05) is 11.0 Å². The van der Waals surface area contributed by atoms with E-state index < -0.39 is 11.9 Å². The van der Waals surface area contributed by atoms with Crippen LogP contribution in [0.2, 0.25) is 0 Å². The Balaban J connectivity index is 2.73. The maximum absolute atomic E-state index is 11.3. The van der Waals surface area contributed by atoms with Gasteiger partial charge in [-0.3, -0.25) is 4.79 Å². The van der Waals surface area contributed by atoms with Crippen LogP contribution in [0.15, 0.2) is 41.3 Å². The van der Waals surface area contributed by atoms with Crippen molar-refractivity contribution in [3.63, 3.8) is 0 Å². The number of rotatable bonds is 4. The lowest BCUT2D eigenvalue weighted by atomic mass is 10.3. The minimum atomic E-state index is -1.40. The van der Waals surface area contributed by atoms with Crippen LogP contribution in [0.25, 0.3) is 0 Å². The van der Waals surface area contributed by atoms with Gasteiger partial charge >= 0.3 is 0 Å². The number of anilines is 1.